The minimum atomic E-state index is 0.655. The molecule has 0 radical (unpaired) electrons. The van der Waals surface area contributed by atoms with E-state index in [0.717, 1.165) is 23.4 Å². The predicted octanol–water partition coefficient (Wildman–Crippen LogP) is 4.72. The van der Waals surface area contributed by atoms with E-state index in [0.29, 0.717) is 5.92 Å². The Kier molecular flexibility index (Phi) is 5.63. The van der Waals surface area contributed by atoms with E-state index in [-0.39, 0.29) is 0 Å². The van der Waals surface area contributed by atoms with Crippen molar-refractivity contribution in [1.29, 1.82) is 0 Å². The third-order valence-electron chi connectivity index (χ3n) is 2.54. The van der Waals surface area contributed by atoms with E-state index in [1.165, 1.54) is 11.3 Å². The third-order valence-corrected chi connectivity index (χ3v) is 3.45. The largest absolute Gasteiger partial charge is 0.371 e. The molecular weight excluding hydrogens is 286 g/mol. The van der Waals surface area contributed by atoms with Gasteiger partial charge in [-0.05, 0) is 25.0 Å². The fraction of sp³-hybridized carbons (Fsp3) is 0.538. The van der Waals surface area contributed by atoms with Gasteiger partial charge >= 0.3 is 0 Å². The van der Waals surface area contributed by atoms with Gasteiger partial charge in [0, 0.05) is 34.7 Å². The van der Waals surface area contributed by atoms with Gasteiger partial charge in [0.05, 0.1) is 0 Å². The first kappa shape index (κ1) is 13.9. The zero-order valence-corrected chi connectivity index (χ0v) is 12.5. The number of hydrogen-bond donors (Lipinski definition) is 0. The van der Waals surface area contributed by atoms with E-state index in [9.17, 15) is 0 Å². The number of nitrogens with zero attached hydrogens (tertiary/aromatic N) is 1. The van der Waals surface area contributed by atoms with Crippen LogP contribution in [0, 0.1) is 5.92 Å². The van der Waals surface area contributed by atoms with Crippen molar-refractivity contribution in [2.24, 2.45) is 5.92 Å². The number of benzene rings is 1. The highest BCUT2D eigenvalue weighted by atomic mass is 79.9. The van der Waals surface area contributed by atoms with Gasteiger partial charge in [-0.1, -0.05) is 47.4 Å². The minimum absolute atomic E-state index is 0.655. The molecule has 0 N–H and O–H groups in total. The van der Waals surface area contributed by atoms with E-state index in [1.807, 2.05) is 12.1 Å². The molecule has 1 aromatic rings. The molecule has 16 heavy (non-hydrogen) atoms. The van der Waals surface area contributed by atoms with Crippen LogP contribution < -0.4 is 4.90 Å². The molecule has 1 rings (SSSR count). The maximum atomic E-state index is 6.21. The lowest BCUT2D eigenvalue weighted by atomic mass is 10.1. The second kappa shape index (κ2) is 6.51. The molecule has 0 bridgehead atoms. The summed E-state index contributed by atoms with van der Waals surface area (Å²) in [5.41, 5.74) is 2.44. The fourth-order valence-electron chi connectivity index (χ4n) is 1.81. The summed E-state index contributed by atoms with van der Waals surface area (Å²) in [5.74, 6) is 0.655. The Morgan fingerprint density at radius 3 is 2.56 bits per heavy atom. The van der Waals surface area contributed by atoms with Crippen LogP contribution in [-0.4, -0.2) is 13.1 Å². The third kappa shape index (κ3) is 3.39. The van der Waals surface area contributed by atoms with Gasteiger partial charge in [-0.15, -0.1) is 0 Å². The van der Waals surface area contributed by atoms with Crippen molar-refractivity contribution in [3.63, 3.8) is 0 Å². The van der Waals surface area contributed by atoms with Gasteiger partial charge in [0.2, 0.25) is 0 Å². The molecule has 0 aliphatic rings. The Balaban J connectivity index is 3.04. The van der Waals surface area contributed by atoms with E-state index in [2.05, 4.69) is 47.7 Å². The smallest absolute Gasteiger partial charge is 0.0467 e. The number of hydrogen-bond acceptors (Lipinski definition) is 1. The molecule has 0 unspecified atom stereocenters. The summed E-state index contributed by atoms with van der Waals surface area (Å²) in [7, 11) is 0. The van der Waals surface area contributed by atoms with Gasteiger partial charge < -0.3 is 4.90 Å². The molecule has 0 aromatic heterocycles. The maximum Gasteiger partial charge on any atom is 0.0467 e. The van der Waals surface area contributed by atoms with Gasteiger partial charge in [-0.25, -0.2) is 0 Å². The van der Waals surface area contributed by atoms with E-state index >= 15 is 0 Å². The first-order chi connectivity index (χ1) is 7.60. The summed E-state index contributed by atoms with van der Waals surface area (Å²) in [4.78, 5) is 2.38. The van der Waals surface area contributed by atoms with Crippen LogP contribution in [0.2, 0.25) is 5.02 Å². The van der Waals surface area contributed by atoms with Gasteiger partial charge in [0.25, 0.3) is 0 Å². The van der Waals surface area contributed by atoms with Crippen LogP contribution in [0.25, 0.3) is 0 Å². The Morgan fingerprint density at radius 1 is 1.38 bits per heavy atom. The quantitative estimate of drug-likeness (QED) is 0.712. The highest BCUT2D eigenvalue weighted by molar-refractivity contribution is 9.08. The summed E-state index contributed by atoms with van der Waals surface area (Å²) < 4.78 is 0. The van der Waals surface area contributed by atoms with Gasteiger partial charge in [-0.3, -0.25) is 0 Å². The molecule has 0 aliphatic carbocycles. The molecule has 0 heterocycles. The molecular formula is C13H19BrClN. The van der Waals surface area contributed by atoms with Crippen molar-refractivity contribution in [1.82, 2.24) is 0 Å². The Hall–Kier alpha value is -0.210. The van der Waals surface area contributed by atoms with Crippen LogP contribution in [0.5, 0.6) is 0 Å². The molecule has 0 atom stereocenters. The van der Waals surface area contributed by atoms with E-state index < -0.39 is 0 Å². The lowest BCUT2D eigenvalue weighted by Gasteiger charge is -2.27. The summed E-state index contributed by atoms with van der Waals surface area (Å²) in [6.45, 7) is 8.73. The molecule has 1 aromatic carbocycles. The van der Waals surface area contributed by atoms with E-state index in [4.69, 9.17) is 11.6 Å². The first-order valence-electron chi connectivity index (χ1n) is 5.68. The standard InChI is InChI=1S/C13H19BrClN/c1-4-16(9-10(2)3)13-7-5-6-12(15)11(13)8-14/h5-7,10H,4,8-9H2,1-3H3. The SMILES string of the molecule is CCN(CC(C)C)c1cccc(Cl)c1CBr. The van der Waals surface area contributed by atoms with E-state index in [1.54, 1.807) is 0 Å². The fourth-order valence-corrected chi connectivity index (χ4v) is 2.80. The summed E-state index contributed by atoms with van der Waals surface area (Å²) in [6.07, 6.45) is 0. The van der Waals surface area contributed by atoms with Crippen LogP contribution in [0.3, 0.4) is 0 Å². The van der Waals surface area contributed by atoms with Crippen LogP contribution in [0.1, 0.15) is 26.3 Å². The number of alkyl halides is 1. The molecule has 0 amide bonds. The van der Waals surface area contributed by atoms with Gasteiger partial charge in [0.15, 0.2) is 0 Å². The van der Waals surface area contributed by atoms with Gasteiger partial charge in [-0.2, -0.15) is 0 Å². The zero-order valence-electron chi connectivity index (χ0n) is 10.1. The van der Waals surface area contributed by atoms with Crippen LogP contribution in [0.4, 0.5) is 5.69 Å². The number of halogens is 2. The monoisotopic (exact) mass is 303 g/mol. The van der Waals surface area contributed by atoms with Crippen molar-refractivity contribution >= 4 is 33.2 Å². The first-order valence-corrected chi connectivity index (χ1v) is 7.18. The molecule has 0 saturated heterocycles. The second-order valence-electron chi connectivity index (χ2n) is 4.30. The molecule has 90 valence electrons. The number of anilines is 1. The second-order valence-corrected chi connectivity index (χ2v) is 5.27. The predicted molar refractivity (Wildman–Crippen MR) is 76.8 cm³/mol. The van der Waals surface area contributed by atoms with Crippen molar-refractivity contribution in [2.45, 2.75) is 26.1 Å². The lowest BCUT2D eigenvalue weighted by Crippen LogP contribution is -2.28. The molecule has 1 nitrogen and oxygen atoms in total. The van der Waals surface area contributed by atoms with Gasteiger partial charge in [0.1, 0.15) is 0 Å². The average Bonchev–Trinajstić information content (AvgIpc) is 2.25. The molecule has 3 heteroatoms. The Bertz CT molecular complexity index is 339. The summed E-state index contributed by atoms with van der Waals surface area (Å²) in [5, 5.41) is 1.65. The van der Waals surface area contributed by atoms with Crippen molar-refractivity contribution < 1.29 is 0 Å². The van der Waals surface area contributed by atoms with Crippen LogP contribution in [-0.2, 0) is 5.33 Å². The molecule has 0 aliphatic heterocycles. The highest BCUT2D eigenvalue weighted by Gasteiger charge is 2.12. The molecule has 0 fully saturated rings. The van der Waals surface area contributed by atoms with Crippen LogP contribution in [0.15, 0.2) is 18.2 Å². The van der Waals surface area contributed by atoms with Crippen molar-refractivity contribution in [3.05, 3.63) is 28.8 Å². The Morgan fingerprint density at radius 2 is 2.06 bits per heavy atom. The topological polar surface area (TPSA) is 3.24 Å². The lowest BCUT2D eigenvalue weighted by molar-refractivity contribution is 0.618. The minimum Gasteiger partial charge on any atom is -0.371 e. The van der Waals surface area contributed by atoms with Crippen molar-refractivity contribution in [2.75, 3.05) is 18.0 Å². The maximum absolute atomic E-state index is 6.21. The average molecular weight is 305 g/mol. The zero-order chi connectivity index (χ0) is 12.1. The Labute approximate surface area is 112 Å². The molecule has 0 saturated carbocycles. The summed E-state index contributed by atoms with van der Waals surface area (Å²) >= 11 is 9.72. The van der Waals surface area contributed by atoms with Crippen LogP contribution >= 0.6 is 27.5 Å². The number of rotatable bonds is 5. The summed E-state index contributed by atoms with van der Waals surface area (Å²) in [6, 6.07) is 6.12. The molecule has 0 spiro atoms. The highest BCUT2D eigenvalue weighted by Crippen LogP contribution is 2.29. The normalized spacial score (nSPS) is 10.9. The van der Waals surface area contributed by atoms with Crippen molar-refractivity contribution in [3.8, 4) is 0 Å².